The first kappa shape index (κ1) is 9.39. The van der Waals surface area contributed by atoms with Crippen LogP contribution in [0.4, 0.5) is 0 Å². The van der Waals surface area contributed by atoms with Crippen LogP contribution in [0.2, 0.25) is 0 Å². The molecule has 4 rings (SSSR count). The van der Waals surface area contributed by atoms with Crippen molar-refractivity contribution in [3.05, 3.63) is 57.3 Å². The van der Waals surface area contributed by atoms with E-state index in [4.69, 9.17) is 4.84 Å². The summed E-state index contributed by atoms with van der Waals surface area (Å²) in [5.41, 5.74) is 3.01. The van der Waals surface area contributed by atoms with Crippen LogP contribution in [-0.2, 0) is 11.4 Å². The molecule has 2 aliphatic rings. The molecule has 84 valence electrons. The van der Waals surface area contributed by atoms with Gasteiger partial charge in [0.25, 0.3) is 5.91 Å². The number of rotatable bonds is 0. The summed E-state index contributed by atoms with van der Waals surface area (Å²) < 4.78 is 0. The summed E-state index contributed by atoms with van der Waals surface area (Å²) in [7, 11) is 0. The van der Waals surface area contributed by atoms with Crippen LogP contribution in [0.3, 0.4) is 0 Å². The maximum atomic E-state index is 12.2. The molecular weight excluding hydrogens is 234 g/mol. The zero-order valence-corrected chi connectivity index (χ0v) is 9.74. The highest BCUT2D eigenvalue weighted by molar-refractivity contribution is 7.10. The first-order valence-corrected chi connectivity index (χ1v) is 6.36. The molecule has 17 heavy (non-hydrogen) atoms. The molecule has 3 heterocycles. The van der Waals surface area contributed by atoms with Gasteiger partial charge in [0, 0.05) is 10.4 Å². The third-order valence-corrected chi connectivity index (χ3v) is 4.32. The fourth-order valence-corrected chi connectivity index (χ4v) is 3.53. The van der Waals surface area contributed by atoms with Gasteiger partial charge in [-0.1, -0.05) is 18.2 Å². The van der Waals surface area contributed by atoms with E-state index in [1.165, 1.54) is 15.5 Å². The average Bonchev–Trinajstić information content (AvgIpc) is 2.93. The Bertz CT molecular complexity index is 619. The van der Waals surface area contributed by atoms with Gasteiger partial charge in [-0.3, -0.25) is 9.63 Å². The largest absolute Gasteiger partial charge is 0.278 e. The molecule has 0 radical (unpaired) electrons. The van der Waals surface area contributed by atoms with Crippen molar-refractivity contribution >= 4 is 17.2 Å². The Morgan fingerprint density at radius 3 is 3.12 bits per heavy atom. The number of carbonyl (C=O) groups is 1. The van der Waals surface area contributed by atoms with Gasteiger partial charge in [-0.05, 0) is 28.6 Å². The van der Waals surface area contributed by atoms with Gasteiger partial charge in [0.15, 0.2) is 0 Å². The first-order chi connectivity index (χ1) is 8.36. The molecular formula is C13H9NO2S. The molecule has 1 atom stereocenters. The Balaban J connectivity index is 1.98. The van der Waals surface area contributed by atoms with Crippen LogP contribution in [0.15, 0.2) is 35.7 Å². The summed E-state index contributed by atoms with van der Waals surface area (Å²) in [5, 5.41) is 3.58. The van der Waals surface area contributed by atoms with Crippen LogP contribution < -0.4 is 0 Å². The number of hydrogen-bond donors (Lipinski definition) is 0. The SMILES string of the molecule is O=C1c2ccccc2C2c3sccc3CON12. The van der Waals surface area contributed by atoms with E-state index in [0.717, 1.165) is 11.1 Å². The summed E-state index contributed by atoms with van der Waals surface area (Å²) in [5.74, 6) is -0.0235. The van der Waals surface area contributed by atoms with Crippen molar-refractivity contribution in [1.82, 2.24) is 5.06 Å². The van der Waals surface area contributed by atoms with Crippen molar-refractivity contribution in [1.29, 1.82) is 0 Å². The molecule has 0 bridgehead atoms. The second-order valence-electron chi connectivity index (χ2n) is 4.20. The summed E-state index contributed by atoms with van der Waals surface area (Å²) >= 11 is 1.69. The second kappa shape index (κ2) is 3.18. The average molecular weight is 243 g/mol. The predicted octanol–water partition coefficient (Wildman–Crippen LogP) is 2.74. The number of amides is 1. The maximum absolute atomic E-state index is 12.2. The van der Waals surface area contributed by atoms with Crippen molar-refractivity contribution in [3.8, 4) is 0 Å². The van der Waals surface area contributed by atoms with Crippen LogP contribution in [0, 0.1) is 0 Å². The molecule has 3 nitrogen and oxygen atoms in total. The van der Waals surface area contributed by atoms with E-state index in [0.29, 0.717) is 6.61 Å². The zero-order chi connectivity index (χ0) is 11.4. The minimum Gasteiger partial charge on any atom is -0.267 e. The molecule has 0 aliphatic carbocycles. The minimum absolute atomic E-state index is 0.0235. The molecule has 0 spiro atoms. The number of fused-ring (bicyclic) bond motifs is 5. The van der Waals surface area contributed by atoms with Gasteiger partial charge in [-0.25, -0.2) is 5.06 Å². The molecule has 0 saturated carbocycles. The molecule has 1 aromatic carbocycles. The number of thiophene rings is 1. The van der Waals surface area contributed by atoms with Crippen LogP contribution in [0.1, 0.15) is 32.4 Å². The number of benzene rings is 1. The molecule has 4 heteroatoms. The molecule has 0 fully saturated rings. The lowest BCUT2D eigenvalue weighted by molar-refractivity contribution is -0.156. The van der Waals surface area contributed by atoms with Crippen LogP contribution in [-0.4, -0.2) is 11.0 Å². The summed E-state index contributed by atoms with van der Waals surface area (Å²) in [6, 6.07) is 9.77. The normalized spacial score (nSPS) is 21.1. The fraction of sp³-hybridized carbons (Fsp3) is 0.154. The number of nitrogens with zero attached hydrogens (tertiary/aromatic N) is 1. The van der Waals surface area contributed by atoms with E-state index >= 15 is 0 Å². The van der Waals surface area contributed by atoms with Gasteiger partial charge in [-0.15, -0.1) is 11.3 Å². The van der Waals surface area contributed by atoms with Gasteiger partial charge in [-0.2, -0.15) is 0 Å². The Hall–Kier alpha value is -1.65. The Kier molecular flexibility index (Phi) is 1.76. The number of hydroxylamine groups is 2. The highest BCUT2D eigenvalue weighted by Gasteiger charge is 2.42. The summed E-state index contributed by atoms with van der Waals surface area (Å²) in [6.45, 7) is 0.495. The molecule has 2 aliphatic heterocycles. The van der Waals surface area contributed by atoms with Crippen LogP contribution >= 0.6 is 11.3 Å². The van der Waals surface area contributed by atoms with E-state index in [2.05, 4.69) is 11.4 Å². The first-order valence-electron chi connectivity index (χ1n) is 5.48. The van der Waals surface area contributed by atoms with Crippen molar-refractivity contribution in [3.63, 3.8) is 0 Å². The van der Waals surface area contributed by atoms with Crippen molar-refractivity contribution < 1.29 is 9.63 Å². The van der Waals surface area contributed by atoms with Crippen LogP contribution in [0.5, 0.6) is 0 Å². The number of hydrogen-bond acceptors (Lipinski definition) is 3. The minimum atomic E-state index is -0.0394. The van der Waals surface area contributed by atoms with Gasteiger partial charge in [0.2, 0.25) is 0 Å². The quantitative estimate of drug-likeness (QED) is 0.712. The van der Waals surface area contributed by atoms with Crippen LogP contribution in [0.25, 0.3) is 0 Å². The highest BCUT2D eigenvalue weighted by atomic mass is 32.1. The van der Waals surface area contributed by atoms with Gasteiger partial charge >= 0.3 is 0 Å². The van der Waals surface area contributed by atoms with Gasteiger partial charge in [0.05, 0.1) is 0 Å². The smallest absolute Gasteiger partial charge is 0.267 e. The molecule has 1 unspecified atom stereocenters. The second-order valence-corrected chi connectivity index (χ2v) is 5.15. The van der Waals surface area contributed by atoms with E-state index in [-0.39, 0.29) is 11.9 Å². The zero-order valence-electron chi connectivity index (χ0n) is 8.92. The fourth-order valence-electron chi connectivity index (χ4n) is 2.52. The monoisotopic (exact) mass is 243 g/mol. The van der Waals surface area contributed by atoms with E-state index < -0.39 is 0 Å². The molecule has 0 saturated heterocycles. The molecule has 1 amide bonds. The topological polar surface area (TPSA) is 29.5 Å². The summed E-state index contributed by atoms with van der Waals surface area (Å²) in [4.78, 5) is 19.0. The maximum Gasteiger partial charge on any atom is 0.278 e. The molecule has 1 aromatic heterocycles. The van der Waals surface area contributed by atoms with E-state index in [1.807, 2.05) is 24.3 Å². The van der Waals surface area contributed by atoms with E-state index in [1.54, 1.807) is 11.3 Å². The molecule has 2 aromatic rings. The summed E-state index contributed by atoms with van der Waals surface area (Å²) in [6.07, 6.45) is 0. The Labute approximate surface area is 102 Å². The van der Waals surface area contributed by atoms with Crippen molar-refractivity contribution in [2.24, 2.45) is 0 Å². The van der Waals surface area contributed by atoms with Crippen molar-refractivity contribution in [2.45, 2.75) is 12.6 Å². The highest BCUT2D eigenvalue weighted by Crippen LogP contribution is 2.44. The van der Waals surface area contributed by atoms with E-state index in [9.17, 15) is 4.79 Å². The standard InChI is InChI=1S/C13H9NO2S/c15-13-10-4-2-1-3-9(10)11-12-8(5-6-17-12)7-16-14(11)13/h1-6,11H,7H2. The van der Waals surface area contributed by atoms with Gasteiger partial charge < -0.3 is 0 Å². The Morgan fingerprint density at radius 1 is 1.29 bits per heavy atom. The lowest BCUT2D eigenvalue weighted by Gasteiger charge is -2.28. The molecule has 0 N–H and O–H groups in total. The van der Waals surface area contributed by atoms with Crippen molar-refractivity contribution in [2.75, 3.05) is 0 Å². The predicted molar refractivity (Wildman–Crippen MR) is 63.6 cm³/mol. The lowest BCUT2D eigenvalue weighted by Crippen LogP contribution is -2.32. The third kappa shape index (κ3) is 1.11. The Morgan fingerprint density at radius 2 is 2.18 bits per heavy atom. The van der Waals surface area contributed by atoms with Gasteiger partial charge in [0.1, 0.15) is 12.6 Å². The lowest BCUT2D eigenvalue weighted by atomic mass is 10.0. The number of carbonyl (C=O) groups excluding carboxylic acids is 1. The third-order valence-electron chi connectivity index (χ3n) is 3.31.